The second kappa shape index (κ2) is 5.35. The first kappa shape index (κ1) is 11.5. The van der Waals surface area contributed by atoms with E-state index in [0.29, 0.717) is 12.4 Å². The topological polar surface area (TPSA) is 79.8 Å². The monoisotopic (exact) mass is 249 g/mol. The fraction of sp³-hybridized carbons (Fsp3) is 0.200. The van der Waals surface area contributed by atoms with Gasteiger partial charge in [-0.1, -0.05) is 0 Å². The van der Waals surface area contributed by atoms with Crippen molar-refractivity contribution in [2.45, 2.75) is 6.54 Å². The molecule has 6 nitrogen and oxygen atoms in total. The van der Waals surface area contributed by atoms with Crippen LogP contribution in [0.5, 0.6) is 0 Å². The first-order valence-corrected chi connectivity index (χ1v) is 5.84. The Morgan fingerprint density at radius 3 is 3.06 bits per heavy atom. The number of hydrogen-bond donors (Lipinski definition) is 2. The highest BCUT2D eigenvalue weighted by molar-refractivity contribution is 7.09. The van der Waals surface area contributed by atoms with Crippen LogP contribution in [0, 0.1) is 0 Å². The van der Waals surface area contributed by atoms with Crippen molar-refractivity contribution in [3.8, 4) is 0 Å². The van der Waals surface area contributed by atoms with Crippen molar-refractivity contribution in [2.24, 2.45) is 0 Å². The molecule has 2 aromatic rings. The molecule has 0 aromatic carbocycles. The van der Waals surface area contributed by atoms with Crippen molar-refractivity contribution in [1.29, 1.82) is 0 Å². The lowest BCUT2D eigenvalue weighted by molar-refractivity contribution is 0.0945. The Morgan fingerprint density at radius 2 is 2.35 bits per heavy atom. The van der Waals surface area contributed by atoms with Crippen LogP contribution in [0.2, 0.25) is 0 Å². The maximum atomic E-state index is 11.7. The van der Waals surface area contributed by atoms with Gasteiger partial charge in [0.05, 0.1) is 18.9 Å². The molecule has 0 aliphatic rings. The molecular weight excluding hydrogens is 238 g/mol. The largest absolute Gasteiger partial charge is 0.372 e. The van der Waals surface area contributed by atoms with E-state index in [0.717, 1.165) is 5.01 Å². The molecule has 0 aliphatic heterocycles. The summed E-state index contributed by atoms with van der Waals surface area (Å²) in [5.74, 6) is 0.302. The van der Waals surface area contributed by atoms with E-state index >= 15 is 0 Å². The number of nitrogens with zero attached hydrogens (tertiary/aromatic N) is 3. The van der Waals surface area contributed by atoms with Crippen molar-refractivity contribution in [3.05, 3.63) is 34.7 Å². The summed E-state index contributed by atoms with van der Waals surface area (Å²) in [5, 5.41) is 8.28. The molecule has 0 saturated heterocycles. The Morgan fingerprint density at radius 1 is 1.47 bits per heavy atom. The van der Waals surface area contributed by atoms with Crippen molar-refractivity contribution >= 4 is 23.1 Å². The predicted octanol–water partition coefficient (Wildman–Crippen LogP) is 0.905. The molecule has 2 rings (SSSR count). The van der Waals surface area contributed by atoms with Crippen molar-refractivity contribution in [3.63, 3.8) is 0 Å². The number of hydrogen-bond acceptors (Lipinski definition) is 6. The Hall–Kier alpha value is -2.02. The van der Waals surface area contributed by atoms with Crippen LogP contribution in [0.4, 0.5) is 5.82 Å². The molecule has 0 aliphatic carbocycles. The van der Waals surface area contributed by atoms with Crippen LogP contribution in [-0.2, 0) is 6.54 Å². The molecule has 7 heteroatoms. The van der Waals surface area contributed by atoms with Crippen LogP contribution in [0.15, 0.2) is 24.0 Å². The number of thiazole rings is 1. The van der Waals surface area contributed by atoms with Crippen molar-refractivity contribution < 1.29 is 4.79 Å². The molecule has 2 aromatic heterocycles. The molecule has 2 N–H and O–H groups in total. The highest BCUT2D eigenvalue weighted by Gasteiger charge is 2.08. The lowest BCUT2D eigenvalue weighted by atomic mass is 10.4. The third kappa shape index (κ3) is 2.97. The minimum Gasteiger partial charge on any atom is -0.372 e. The number of carbonyl (C=O) groups is 1. The molecule has 88 valence electrons. The maximum absolute atomic E-state index is 11.7. The third-order valence-corrected chi connectivity index (χ3v) is 2.79. The van der Waals surface area contributed by atoms with Crippen LogP contribution in [-0.4, -0.2) is 27.9 Å². The highest BCUT2D eigenvalue weighted by Crippen LogP contribution is 2.04. The van der Waals surface area contributed by atoms with Gasteiger partial charge in [-0.15, -0.1) is 11.3 Å². The van der Waals surface area contributed by atoms with Gasteiger partial charge in [0.1, 0.15) is 16.5 Å². The summed E-state index contributed by atoms with van der Waals surface area (Å²) in [7, 11) is 1.72. The van der Waals surface area contributed by atoms with Gasteiger partial charge in [-0.2, -0.15) is 0 Å². The first-order chi connectivity index (χ1) is 8.29. The molecule has 0 saturated carbocycles. The number of rotatable bonds is 4. The SMILES string of the molecule is CNc1cncc(C(=O)NCc2nccs2)n1. The molecular formula is C10H11N5OS. The predicted molar refractivity (Wildman–Crippen MR) is 64.9 cm³/mol. The summed E-state index contributed by atoms with van der Waals surface area (Å²) < 4.78 is 0. The molecule has 0 bridgehead atoms. The Kier molecular flexibility index (Phi) is 3.61. The molecule has 0 fully saturated rings. The molecule has 0 spiro atoms. The average Bonchev–Trinajstić information content (AvgIpc) is 2.89. The number of amides is 1. The molecule has 0 atom stereocenters. The van der Waals surface area contributed by atoms with E-state index in [1.54, 1.807) is 19.4 Å². The summed E-state index contributed by atoms with van der Waals surface area (Å²) in [6, 6.07) is 0. The van der Waals surface area contributed by atoms with Gasteiger partial charge in [-0.25, -0.2) is 9.97 Å². The van der Waals surface area contributed by atoms with Gasteiger partial charge in [0.2, 0.25) is 0 Å². The van der Waals surface area contributed by atoms with Crippen molar-refractivity contribution in [1.82, 2.24) is 20.3 Å². The lowest BCUT2D eigenvalue weighted by Crippen LogP contribution is -2.24. The third-order valence-electron chi connectivity index (χ3n) is 2.01. The van der Waals surface area contributed by atoms with Crippen LogP contribution in [0.3, 0.4) is 0 Å². The minimum absolute atomic E-state index is 0.259. The van der Waals surface area contributed by atoms with Gasteiger partial charge in [0, 0.05) is 18.6 Å². The van der Waals surface area contributed by atoms with E-state index in [2.05, 4.69) is 25.6 Å². The molecule has 0 radical (unpaired) electrons. The fourth-order valence-corrected chi connectivity index (χ4v) is 1.74. The summed E-state index contributed by atoms with van der Waals surface area (Å²) >= 11 is 1.49. The van der Waals surface area contributed by atoms with Crippen molar-refractivity contribution in [2.75, 3.05) is 12.4 Å². The Bertz CT molecular complexity index is 499. The summed E-state index contributed by atoms with van der Waals surface area (Å²) in [6.45, 7) is 0.405. The average molecular weight is 249 g/mol. The van der Waals surface area contributed by atoms with Gasteiger partial charge in [0.15, 0.2) is 0 Å². The number of nitrogens with one attached hydrogen (secondary N) is 2. The number of anilines is 1. The zero-order valence-electron chi connectivity index (χ0n) is 9.17. The van der Waals surface area contributed by atoms with Crippen LogP contribution in [0.1, 0.15) is 15.5 Å². The zero-order valence-corrected chi connectivity index (χ0v) is 9.99. The van der Waals surface area contributed by atoms with Gasteiger partial charge in [-0.05, 0) is 0 Å². The summed E-state index contributed by atoms with van der Waals surface area (Å²) in [5.41, 5.74) is 0.286. The standard InChI is InChI=1S/C10H11N5OS/c1-11-8-5-12-4-7(15-8)10(16)14-6-9-13-2-3-17-9/h2-5H,6H2,1H3,(H,11,15)(H,14,16). The van der Waals surface area contributed by atoms with E-state index in [-0.39, 0.29) is 11.6 Å². The van der Waals surface area contributed by atoms with E-state index in [9.17, 15) is 4.79 Å². The first-order valence-electron chi connectivity index (χ1n) is 4.96. The van der Waals surface area contributed by atoms with Crippen LogP contribution >= 0.6 is 11.3 Å². The number of aromatic nitrogens is 3. The van der Waals surface area contributed by atoms with E-state index in [1.807, 2.05) is 5.38 Å². The molecule has 1 amide bonds. The van der Waals surface area contributed by atoms with Gasteiger partial charge < -0.3 is 10.6 Å². The molecule has 0 unspecified atom stereocenters. The maximum Gasteiger partial charge on any atom is 0.271 e. The highest BCUT2D eigenvalue weighted by atomic mass is 32.1. The normalized spacial score (nSPS) is 9.94. The van der Waals surface area contributed by atoms with Crippen LogP contribution < -0.4 is 10.6 Å². The van der Waals surface area contributed by atoms with Gasteiger partial charge >= 0.3 is 0 Å². The van der Waals surface area contributed by atoms with Gasteiger partial charge in [0.25, 0.3) is 5.91 Å². The van der Waals surface area contributed by atoms with E-state index in [4.69, 9.17) is 0 Å². The number of carbonyl (C=O) groups excluding carboxylic acids is 1. The molecule has 17 heavy (non-hydrogen) atoms. The smallest absolute Gasteiger partial charge is 0.271 e. The molecule has 2 heterocycles. The summed E-state index contributed by atoms with van der Waals surface area (Å²) in [6.07, 6.45) is 4.68. The van der Waals surface area contributed by atoms with Gasteiger partial charge in [-0.3, -0.25) is 9.78 Å². The lowest BCUT2D eigenvalue weighted by Gasteiger charge is -2.03. The fourth-order valence-electron chi connectivity index (χ4n) is 1.18. The second-order valence-electron chi connectivity index (χ2n) is 3.15. The van der Waals surface area contributed by atoms with E-state index < -0.39 is 0 Å². The minimum atomic E-state index is -0.259. The second-order valence-corrected chi connectivity index (χ2v) is 4.13. The van der Waals surface area contributed by atoms with E-state index in [1.165, 1.54) is 17.5 Å². The Balaban J connectivity index is 1.99. The Labute approximate surface area is 102 Å². The van der Waals surface area contributed by atoms with Crippen LogP contribution in [0.25, 0.3) is 0 Å². The zero-order chi connectivity index (χ0) is 12.1. The quantitative estimate of drug-likeness (QED) is 0.841. The summed E-state index contributed by atoms with van der Waals surface area (Å²) in [4.78, 5) is 23.8.